The maximum Gasteiger partial charge on any atom is 0.119 e. The average Bonchev–Trinajstić information content (AvgIpc) is 2.55. The summed E-state index contributed by atoms with van der Waals surface area (Å²) in [6.07, 6.45) is 0. The van der Waals surface area contributed by atoms with E-state index in [4.69, 9.17) is 0 Å². The van der Waals surface area contributed by atoms with Crippen molar-refractivity contribution in [3.8, 4) is 5.75 Å². The molecule has 3 heteroatoms. The van der Waals surface area contributed by atoms with Gasteiger partial charge in [0.25, 0.3) is 0 Å². The second kappa shape index (κ2) is 5.41. The summed E-state index contributed by atoms with van der Waals surface area (Å²) >= 11 is 0. The van der Waals surface area contributed by atoms with Crippen molar-refractivity contribution in [3.05, 3.63) is 65.2 Å². The van der Waals surface area contributed by atoms with E-state index in [1.54, 1.807) is 0 Å². The fraction of sp³-hybridized carbons (Fsp3) is 0.368. The Kier molecular flexibility index (Phi) is 3.40. The summed E-state index contributed by atoms with van der Waals surface area (Å²) in [5.74, 6) is 0.705. The molecule has 2 aliphatic heterocycles. The highest BCUT2D eigenvalue weighted by molar-refractivity contribution is 5.50. The summed E-state index contributed by atoms with van der Waals surface area (Å²) in [7, 11) is 2.18. The van der Waals surface area contributed by atoms with Crippen LogP contribution in [0.25, 0.3) is 0 Å². The van der Waals surface area contributed by atoms with Gasteiger partial charge in [-0.15, -0.1) is 0 Å². The average molecular weight is 294 g/mol. The Labute approximate surface area is 131 Å². The molecule has 0 saturated carbocycles. The zero-order valence-corrected chi connectivity index (χ0v) is 12.9. The van der Waals surface area contributed by atoms with Gasteiger partial charge in [-0.05, 0) is 24.2 Å². The normalized spacial score (nSPS) is 25.5. The summed E-state index contributed by atoms with van der Waals surface area (Å²) in [6, 6.07) is 17.0. The van der Waals surface area contributed by atoms with Gasteiger partial charge in [-0.1, -0.05) is 42.5 Å². The first kappa shape index (κ1) is 13.8. The fourth-order valence-electron chi connectivity index (χ4n) is 3.99. The van der Waals surface area contributed by atoms with E-state index in [0.29, 0.717) is 11.8 Å². The van der Waals surface area contributed by atoms with Crippen molar-refractivity contribution in [1.29, 1.82) is 0 Å². The monoisotopic (exact) mass is 294 g/mol. The lowest BCUT2D eigenvalue weighted by molar-refractivity contribution is 0.0766. The number of phenols is 1. The number of phenolic OH excluding ortho intramolecular Hbond substituents is 1. The quantitative estimate of drug-likeness (QED) is 0.876. The van der Waals surface area contributed by atoms with Gasteiger partial charge in [-0.2, -0.15) is 0 Å². The number of fused-ring (bicyclic) bond motifs is 3. The number of benzene rings is 2. The minimum absolute atomic E-state index is 0.261. The third-order valence-electron chi connectivity index (χ3n) is 5.14. The number of nitrogens with zero attached hydrogens (tertiary/aromatic N) is 2. The van der Waals surface area contributed by atoms with Crippen LogP contribution in [0.15, 0.2) is 48.5 Å². The molecule has 0 amide bonds. The Bertz CT molecular complexity index is 670. The molecular weight excluding hydrogens is 272 g/mol. The standard InChI is InChI=1S/C19H22N2O/c1-20-10-11-21-12-16(14-6-3-2-4-7-14)19-15(17(21)13-20)8-5-9-18(19)22/h2-9,16-17,22H,10-13H2,1H3/t16-,17-/m0/s1. The molecule has 0 aromatic heterocycles. The molecule has 1 N–H and O–H groups in total. The Morgan fingerprint density at radius 2 is 1.77 bits per heavy atom. The van der Waals surface area contributed by atoms with Gasteiger partial charge in [0.2, 0.25) is 0 Å². The zero-order valence-electron chi connectivity index (χ0n) is 12.9. The van der Waals surface area contributed by atoms with E-state index in [9.17, 15) is 5.11 Å². The van der Waals surface area contributed by atoms with E-state index in [-0.39, 0.29) is 5.92 Å². The molecule has 1 fully saturated rings. The predicted molar refractivity (Wildman–Crippen MR) is 88.2 cm³/mol. The second-order valence-corrected chi connectivity index (χ2v) is 6.52. The summed E-state index contributed by atoms with van der Waals surface area (Å²) in [4.78, 5) is 4.97. The molecule has 2 atom stereocenters. The molecular formula is C19H22N2O. The largest absolute Gasteiger partial charge is 0.508 e. The number of rotatable bonds is 1. The highest BCUT2D eigenvalue weighted by Crippen LogP contribution is 2.44. The van der Waals surface area contributed by atoms with Crippen molar-refractivity contribution in [3.63, 3.8) is 0 Å². The smallest absolute Gasteiger partial charge is 0.119 e. The first-order valence-corrected chi connectivity index (χ1v) is 8.03. The molecule has 2 aliphatic rings. The van der Waals surface area contributed by atoms with Crippen molar-refractivity contribution >= 4 is 0 Å². The summed E-state index contributed by atoms with van der Waals surface area (Å²) in [5, 5.41) is 10.5. The van der Waals surface area contributed by atoms with E-state index in [1.807, 2.05) is 12.1 Å². The van der Waals surface area contributed by atoms with Crippen LogP contribution in [0.1, 0.15) is 28.7 Å². The number of piperazine rings is 1. The van der Waals surface area contributed by atoms with Crippen molar-refractivity contribution in [2.75, 3.05) is 33.2 Å². The van der Waals surface area contributed by atoms with Crippen molar-refractivity contribution in [2.24, 2.45) is 0 Å². The van der Waals surface area contributed by atoms with Crippen LogP contribution >= 0.6 is 0 Å². The molecule has 3 nitrogen and oxygen atoms in total. The van der Waals surface area contributed by atoms with Crippen molar-refractivity contribution in [2.45, 2.75) is 12.0 Å². The molecule has 0 bridgehead atoms. The SMILES string of the molecule is CN1CCN2C[C@@H](c3ccccc3)c3c(O)cccc3[C@@H]2C1. The number of hydrogen-bond donors (Lipinski definition) is 1. The summed E-state index contributed by atoms with van der Waals surface area (Å²) < 4.78 is 0. The van der Waals surface area contributed by atoms with Crippen LogP contribution < -0.4 is 0 Å². The van der Waals surface area contributed by atoms with Crippen LogP contribution in [-0.2, 0) is 0 Å². The zero-order chi connectivity index (χ0) is 15.1. The van der Waals surface area contributed by atoms with E-state index < -0.39 is 0 Å². The molecule has 0 radical (unpaired) electrons. The molecule has 0 spiro atoms. The summed E-state index contributed by atoms with van der Waals surface area (Å²) in [5.41, 5.74) is 3.72. The first-order valence-electron chi connectivity index (χ1n) is 8.03. The maximum atomic E-state index is 10.5. The van der Waals surface area contributed by atoms with Gasteiger partial charge in [0.05, 0.1) is 0 Å². The van der Waals surface area contributed by atoms with Gasteiger partial charge in [-0.25, -0.2) is 0 Å². The lowest BCUT2D eigenvalue weighted by Gasteiger charge is -2.46. The highest BCUT2D eigenvalue weighted by Gasteiger charge is 2.37. The molecule has 2 aromatic rings. The van der Waals surface area contributed by atoms with E-state index in [0.717, 1.165) is 31.7 Å². The van der Waals surface area contributed by atoms with E-state index in [1.165, 1.54) is 11.1 Å². The molecule has 2 heterocycles. The second-order valence-electron chi connectivity index (χ2n) is 6.52. The Hall–Kier alpha value is -1.84. The Morgan fingerprint density at radius 1 is 0.955 bits per heavy atom. The highest BCUT2D eigenvalue weighted by atomic mass is 16.3. The van der Waals surface area contributed by atoms with Crippen LogP contribution in [-0.4, -0.2) is 48.1 Å². The van der Waals surface area contributed by atoms with Gasteiger partial charge in [0.1, 0.15) is 5.75 Å². The molecule has 0 unspecified atom stereocenters. The number of likely N-dealkylation sites (N-methyl/N-ethyl adjacent to an activating group) is 1. The van der Waals surface area contributed by atoms with Gasteiger partial charge in [0.15, 0.2) is 0 Å². The Morgan fingerprint density at radius 3 is 2.59 bits per heavy atom. The van der Waals surface area contributed by atoms with Gasteiger partial charge in [-0.3, -0.25) is 4.90 Å². The Balaban J connectivity index is 1.83. The fourth-order valence-corrected chi connectivity index (χ4v) is 3.99. The molecule has 4 rings (SSSR count). The maximum absolute atomic E-state index is 10.5. The van der Waals surface area contributed by atoms with Crippen molar-refractivity contribution < 1.29 is 5.11 Å². The van der Waals surface area contributed by atoms with Crippen LogP contribution in [0.4, 0.5) is 0 Å². The van der Waals surface area contributed by atoms with Gasteiger partial charge < -0.3 is 10.0 Å². The van der Waals surface area contributed by atoms with Crippen LogP contribution in [0.3, 0.4) is 0 Å². The van der Waals surface area contributed by atoms with Crippen LogP contribution in [0, 0.1) is 0 Å². The van der Waals surface area contributed by atoms with Gasteiger partial charge >= 0.3 is 0 Å². The third-order valence-corrected chi connectivity index (χ3v) is 5.14. The van der Waals surface area contributed by atoms with Crippen LogP contribution in [0.5, 0.6) is 5.75 Å². The minimum atomic E-state index is 0.261. The van der Waals surface area contributed by atoms with Crippen molar-refractivity contribution in [1.82, 2.24) is 9.80 Å². The lowest BCUT2D eigenvalue weighted by atomic mass is 9.80. The first-order chi connectivity index (χ1) is 10.7. The molecule has 2 aromatic carbocycles. The molecule has 0 aliphatic carbocycles. The lowest BCUT2D eigenvalue weighted by Crippen LogP contribution is -2.50. The summed E-state index contributed by atoms with van der Waals surface area (Å²) in [6.45, 7) is 4.25. The number of aromatic hydroxyl groups is 1. The minimum Gasteiger partial charge on any atom is -0.508 e. The third kappa shape index (κ3) is 2.21. The molecule has 22 heavy (non-hydrogen) atoms. The van der Waals surface area contributed by atoms with E-state index >= 15 is 0 Å². The predicted octanol–water partition coefficient (Wildman–Crippen LogP) is 2.83. The van der Waals surface area contributed by atoms with Gasteiger partial charge in [0, 0.05) is 43.7 Å². The molecule has 114 valence electrons. The number of hydrogen-bond acceptors (Lipinski definition) is 3. The topological polar surface area (TPSA) is 26.7 Å². The van der Waals surface area contributed by atoms with Crippen LogP contribution in [0.2, 0.25) is 0 Å². The molecule has 1 saturated heterocycles. The van der Waals surface area contributed by atoms with E-state index in [2.05, 4.69) is 53.2 Å².